The van der Waals surface area contributed by atoms with Gasteiger partial charge < -0.3 is 15.0 Å². The van der Waals surface area contributed by atoms with Crippen molar-refractivity contribution in [2.45, 2.75) is 38.4 Å². The first-order valence-electron chi connectivity index (χ1n) is 8.72. The van der Waals surface area contributed by atoms with Crippen LogP contribution in [0.5, 0.6) is 5.75 Å². The Morgan fingerprint density at radius 1 is 1.36 bits per heavy atom. The van der Waals surface area contributed by atoms with Crippen molar-refractivity contribution < 1.29 is 9.53 Å². The third kappa shape index (κ3) is 4.79. The van der Waals surface area contributed by atoms with Crippen molar-refractivity contribution in [2.24, 2.45) is 0 Å². The summed E-state index contributed by atoms with van der Waals surface area (Å²) in [6.07, 6.45) is 5.76. The fourth-order valence-electron chi connectivity index (χ4n) is 3.24. The van der Waals surface area contributed by atoms with Gasteiger partial charge in [-0.3, -0.25) is 9.48 Å². The highest BCUT2D eigenvalue weighted by Gasteiger charge is 2.29. The van der Waals surface area contributed by atoms with E-state index in [0.717, 1.165) is 31.7 Å². The van der Waals surface area contributed by atoms with E-state index in [1.54, 1.807) is 18.1 Å². The number of amides is 1. The number of benzene rings is 1. The number of ether oxygens (including phenoxy) is 1. The molecule has 0 radical (unpaired) electrons. The van der Waals surface area contributed by atoms with Crippen LogP contribution in [0.3, 0.4) is 0 Å². The molecule has 1 N–H and O–H groups in total. The molecule has 0 spiro atoms. The summed E-state index contributed by atoms with van der Waals surface area (Å²) in [7, 11) is 1.68. The van der Waals surface area contributed by atoms with Crippen molar-refractivity contribution in [1.29, 1.82) is 0 Å². The lowest BCUT2D eigenvalue weighted by atomic mass is 10.1. The first-order valence-corrected chi connectivity index (χ1v) is 8.72. The average molecular weight is 343 g/mol. The molecule has 1 atom stereocenters. The zero-order valence-corrected chi connectivity index (χ0v) is 14.6. The summed E-state index contributed by atoms with van der Waals surface area (Å²) in [6.45, 7) is 3.08. The average Bonchev–Trinajstić information content (AvgIpc) is 3.27. The second kappa shape index (κ2) is 8.62. The fraction of sp³-hybridized carbons (Fsp3) is 0.500. The molecule has 1 amide bonds. The zero-order valence-electron chi connectivity index (χ0n) is 14.6. The minimum Gasteiger partial charge on any atom is -0.497 e. The number of nitrogens with zero attached hydrogens (tertiary/aromatic N) is 4. The van der Waals surface area contributed by atoms with Crippen molar-refractivity contribution in [3.05, 3.63) is 42.5 Å². The Balaban J connectivity index is 1.42. The predicted octanol–water partition coefficient (Wildman–Crippen LogP) is 1.46. The summed E-state index contributed by atoms with van der Waals surface area (Å²) >= 11 is 0. The number of rotatable bonds is 9. The number of methoxy groups -OCH3 is 1. The summed E-state index contributed by atoms with van der Waals surface area (Å²) in [4.78, 5) is 18.0. The van der Waals surface area contributed by atoms with E-state index in [1.807, 2.05) is 23.1 Å². The minimum absolute atomic E-state index is 0.248. The Hall–Kier alpha value is -2.41. The van der Waals surface area contributed by atoms with Crippen LogP contribution in [0.2, 0.25) is 0 Å². The van der Waals surface area contributed by atoms with E-state index in [4.69, 9.17) is 4.74 Å². The standard InChI is InChI=1S/C18H25N5O2/c1-25-17-4-2-3-15(11-17)12-19-8-7-16-5-6-18(24)23(16)10-9-22-14-20-13-21-22/h2-4,11,13-14,16,19H,5-10,12H2,1H3. The third-order valence-electron chi connectivity index (χ3n) is 4.61. The summed E-state index contributed by atoms with van der Waals surface area (Å²) in [5.74, 6) is 1.12. The molecule has 0 bridgehead atoms. The number of aromatic nitrogens is 3. The fourth-order valence-corrected chi connectivity index (χ4v) is 3.24. The number of hydrogen-bond acceptors (Lipinski definition) is 5. The molecule has 1 fully saturated rings. The van der Waals surface area contributed by atoms with E-state index in [-0.39, 0.29) is 5.91 Å². The molecule has 25 heavy (non-hydrogen) atoms. The van der Waals surface area contributed by atoms with Crippen molar-refractivity contribution >= 4 is 5.91 Å². The highest BCUT2D eigenvalue weighted by molar-refractivity contribution is 5.78. The molecule has 0 saturated carbocycles. The maximum absolute atomic E-state index is 12.1. The van der Waals surface area contributed by atoms with Crippen LogP contribution >= 0.6 is 0 Å². The Morgan fingerprint density at radius 3 is 3.08 bits per heavy atom. The summed E-state index contributed by atoms with van der Waals surface area (Å²) in [6, 6.07) is 8.38. The number of nitrogens with one attached hydrogen (secondary N) is 1. The highest BCUT2D eigenvalue weighted by Crippen LogP contribution is 2.21. The van der Waals surface area contributed by atoms with Gasteiger partial charge in [-0.1, -0.05) is 12.1 Å². The minimum atomic E-state index is 0.248. The van der Waals surface area contributed by atoms with Crippen LogP contribution in [0.1, 0.15) is 24.8 Å². The van der Waals surface area contributed by atoms with E-state index >= 15 is 0 Å². The Morgan fingerprint density at radius 2 is 2.28 bits per heavy atom. The molecule has 2 aromatic rings. The van der Waals surface area contributed by atoms with Gasteiger partial charge in [-0.25, -0.2) is 4.98 Å². The Labute approximate surface area is 148 Å². The molecule has 7 nitrogen and oxygen atoms in total. The van der Waals surface area contributed by atoms with Crippen LogP contribution < -0.4 is 10.1 Å². The van der Waals surface area contributed by atoms with E-state index in [1.165, 1.54) is 11.9 Å². The second-order valence-electron chi connectivity index (χ2n) is 6.26. The van der Waals surface area contributed by atoms with Gasteiger partial charge in [-0.05, 0) is 37.1 Å². The molecule has 1 unspecified atom stereocenters. The molecule has 1 aromatic heterocycles. The van der Waals surface area contributed by atoms with Crippen LogP contribution in [-0.4, -0.2) is 51.8 Å². The number of carbonyl (C=O) groups is 1. The highest BCUT2D eigenvalue weighted by atomic mass is 16.5. The predicted molar refractivity (Wildman–Crippen MR) is 94.1 cm³/mol. The van der Waals surface area contributed by atoms with Crippen LogP contribution in [0.4, 0.5) is 0 Å². The van der Waals surface area contributed by atoms with Crippen molar-refractivity contribution in [1.82, 2.24) is 25.0 Å². The first-order chi connectivity index (χ1) is 12.3. The van der Waals surface area contributed by atoms with Gasteiger partial charge in [0, 0.05) is 25.6 Å². The first kappa shape index (κ1) is 17.4. The van der Waals surface area contributed by atoms with Gasteiger partial charge in [0.15, 0.2) is 0 Å². The van der Waals surface area contributed by atoms with E-state index in [9.17, 15) is 4.79 Å². The number of likely N-dealkylation sites (tertiary alicyclic amines) is 1. The molecule has 1 aliphatic rings. The van der Waals surface area contributed by atoms with Crippen molar-refractivity contribution in [2.75, 3.05) is 20.2 Å². The quantitative estimate of drug-likeness (QED) is 0.698. The lowest BCUT2D eigenvalue weighted by Crippen LogP contribution is -2.37. The van der Waals surface area contributed by atoms with E-state index < -0.39 is 0 Å². The molecule has 7 heteroatoms. The lowest BCUT2D eigenvalue weighted by Gasteiger charge is -2.25. The van der Waals surface area contributed by atoms with Gasteiger partial charge in [0.05, 0.1) is 13.7 Å². The molecular formula is C18H25N5O2. The monoisotopic (exact) mass is 343 g/mol. The summed E-state index contributed by atoms with van der Waals surface area (Å²) < 4.78 is 7.01. The van der Waals surface area contributed by atoms with Crippen LogP contribution in [-0.2, 0) is 17.9 Å². The van der Waals surface area contributed by atoms with Crippen LogP contribution in [0.25, 0.3) is 0 Å². The van der Waals surface area contributed by atoms with Gasteiger partial charge in [0.1, 0.15) is 18.4 Å². The van der Waals surface area contributed by atoms with Gasteiger partial charge in [0.2, 0.25) is 5.91 Å². The summed E-state index contributed by atoms with van der Waals surface area (Å²) in [5, 5.41) is 7.56. The maximum atomic E-state index is 12.1. The number of hydrogen-bond donors (Lipinski definition) is 1. The summed E-state index contributed by atoms with van der Waals surface area (Å²) in [5.41, 5.74) is 1.20. The lowest BCUT2D eigenvalue weighted by molar-refractivity contribution is -0.129. The SMILES string of the molecule is COc1cccc(CNCCC2CCC(=O)N2CCn2cncn2)c1. The molecule has 1 saturated heterocycles. The van der Waals surface area contributed by atoms with Gasteiger partial charge in [-0.15, -0.1) is 0 Å². The Kier molecular flexibility index (Phi) is 6.00. The molecule has 3 rings (SSSR count). The van der Waals surface area contributed by atoms with Crippen LogP contribution in [0.15, 0.2) is 36.9 Å². The van der Waals surface area contributed by atoms with Gasteiger partial charge in [-0.2, -0.15) is 5.10 Å². The zero-order chi connectivity index (χ0) is 17.5. The van der Waals surface area contributed by atoms with Crippen molar-refractivity contribution in [3.8, 4) is 5.75 Å². The normalized spacial score (nSPS) is 17.2. The van der Waals surface area contributed by atoms with E-state index in [2.05, 4.69) is 21.5 Å². The molecular weight excluding hydrogens is 318 g/mol. The van der Waals surface area contributed by atoms with E-state index in [0.29, 0.717) is 25.6 Å². The van der Waals surface area contributed by atoms with Gasteiger partial charge >= 0.3 is 0 Å². The number of carbonyl (C=O) groups excluding carboxylic acids is 1. The molecule has 134 valence electrons. The molecule has 1 aromatic carbocycles. The van der Waals surface area contributed by atoms with Crippen LogP contribution in [0, 0.1) is 0 Å². The topological polar surface area (TPSA) is 72.3 Å². The third-order valence-corrected chi connectivity index (χ3v) is 4.61. The van der Waals surface area contributed by atoms with Crippen molar-refractivity contribution in [3.63, 3.8) is 0 Å². The maximum Gasteiger partial charge on any atom is 0.222 e. The molecule has 2 heterocycles. The molecule has 0 aliphatic carbocycles. The Bertz CT molecular complexity index is 674. The smallest absolute Gasteiger partial charge is 0.222 e. The second-order valence-corrected chi connectivity index (χ2v) is 6.26. The largest absolute Gasteiger partial charge is 0.497 e. The molecule has 1 aliphatic heterocycles. The van der Waals surface area contributed by atoms with Gasteiger partial charge in [0.25, 0.3) is 0 Å².